The lowest BCUT2D eigenvalue weighted by atomic mass is 10.2. The zero-order chi connectivity index (χ0) is 9.38. The third-order valence-corrected chi connectivity index (χ3v) is 5.42. The quantitative estimate of drug-likeness (QED) is 0.595. The standard InChI is InChI=1S/C12H9SSi/c1-3-7-11-9(5-1)13-10-6-2-4-8-12(10)14-11/h1-7H,8H2. The molecule has 0 aromatic heterocycles. The fraction of sp³-hybridized carbons (Fsp3) is 0.0833. The average Bonchev–Trinajstić information content (AvgIpc) is 2.26. The molecular formula is C12H9SSi. The highest BCUT2D eigenvalue weighted by Gasteiger charge is 2.15. The van der Waals surface area contributed by atoms with Crippen molar-refractivity contribution in [3.8, 4) is 0 Å². The van der Waals surface area contributed by atoms with E-state index in [1.165, 1.54) is 15.0 Å². The molecule has 0 spiro atoms. The van der Waals surface area contributed by atoms with Crippen LogP contribution in [0.1, 0.15) is 6.42 Å². The first-order valence-electron chi connectivity index (χ1n) is 4.70. The number of hydrogen-bond acceptors (Lipinski definition) is 1. The number of hydrogen-bond donors (Lipinski definition) is 0. The molecule has 0 amide bonds. The van der Waals surface area contributed by atoms with Crippen molar-refractivity contribution in [3.63, 3.8) is 0 Å². The minimum atomic E-state index is 0.879. The van der Waals surface area contributed by atoms with E-state index >= 15 is 0 Å². The van der Waals surface area contributed by atoms with Gasteiger partial charge in [-0.05, 0) is 28.9 Å². The first-order valence-corrected chi connectivity index (χ1v) is 6.52. The molecule has 2 heteroatoms. The second-order valence-electron chi connectivity index (χ2n) is 3.36. The van der Waals surface area contributed by atoms with Gasteiger partial charge < -0.3 is 0 Å². The second-order valence-corrected chi connectivity index (χ2v) is 5.84. The Balaban J connectivity index is 2.15. The van der Waals surface area contributed by atoms with Crippen molar-refractivity contribution in [1.29, 1.82) is 0 Å². The molecule has 0 atom stereocenters. The largest absolute Gasteiger partial charge is 0.0900 e. The van der Waals surface area contributed by atoms with Gasteiger partial charge in [0.05, 0.1) is 9.13 Å². The van der Waals surface area contributed by atoms with Crippen molar-refractivity contribution in [1.82, 2.24) is 0 Å². The fourth-order valence-corrected chi connectivity index (χ4v) is 4.36. The molecule has 1 radical (unpaired) electrons. The molecule has 2 aliphatic rings. The number of thioether (sulfide) groups is 1. The number of rotatable bonds is 0. The van der Waals surface area contributed by atoms with E-state index in [1.54, 1.807) is 5.17 Å². The van der Waals surface area contributed by atoms with Crippen LogP contribution in [0.4, 0.5) is 0 Å². The van der Waals surface area contributed by atoms with Crippen molar-refractivity contribution >= 4 is 31.2 Å². The van der Waals surface area contributed by atoms with Crippen molar-refractivity contribution in [3.05, 3.63) is 47.4 Å². The van der Waals surface area contributed by atoms with Crippen LogP contribution >= 0.6 is 11.8 Å². The van der Waals surface area contributed by atoms with E-state index in [4.69, 9.17) is 0 Å². The molecule has 0 unspecified atom stereocenters. The summed E-state index contributed by atoms with van der Waals surface area (Å²) in [7, 11) is 0.879. The van der Waals surface area contributed by atoms with Crippen molar-refractivity contribution < 1.29 is 0 Å². The summed E-state index contributed by atoms with van der Waals surface area (Å²) in [4.78, 5) is 2.92. The van der Waals surface area contributed by atoms with Gasteiger partial charge >= 0.3 is 0 Å². The Labute approximate surface area is 90.2 Å². The fourth-order valence-electron chi connectivity index (χ4n) is 1.69. The average molecular weight is 213 g/mol. The maximum atomic E-state index is 2.25. The highest BCUT2D eigenvalue weighted by molar-refractivity contribution is 8.04. The van der Waals surface area contributed by atoms with Crippen LogP contribution in [0.2, 0.25) is 0 Å². The molecular weight excluding hydrogens is 204 g/mol. The van der Waals surface area contributed by atoms with Crippen LogP contribution in [0.15, 0.2) is 52.3 Å². The molecule has 1 heterocycles. The lowest BCUT2D eigenvalue weighted by Gasteiger charge is -2.19. The summed E-state index contributed by atoms with van der Waals surface area (Å²) in [5.74, 6) is 0. The van der Waals surface area contributed by atoms with Crippen molar-refractivity contribution in [2.45, 2.75) is 11.3 Å². The van der Waals surface area contributed by atoms with E-state index in [1.807, 2.05) is 11.8 Å². The number of benzene rings is 1. The van der Waals surface area contributed by atoms with E-state index in [9.17, 15) is 0 Å². The van der Waals surface area contributed by atoms with Gasteiger partial charge in [0.2, 0.25) is 0 Å². The lowest BCUT2D eigenvalue weighted by molar-refractivity contribution is 1.47. The van der Waals surface area contributed by atoms with Gasteiger partial charge in [-0.2, -0.15) is 0 Å². The first-order chi connectivity index (χ1) is 6.93. The van der Waals surface area contributed by atoms with Gasteiger partial charge in [0.1, 0.15) is 0 Å². The zero-order valence-corrected chi connectivity index (χ0v) is 9.47. The van der Waals surface area contributed by atoms with E-state index in [-0.39, 0.29) is 0 Å². The van der Waals surface area contributed by atoms with Crippen LogP contribution in [0.3, 0.4) is 0 Å². The molecule has 1 aliphatic heterocycles. The molecule has 0 saturated carbocycles. The maximum Gasteiger partial charge on any atom is 0.0665 e. The molecule has 0 nitrogen and oxygen atoms in total. The minimum absolute atomic E-state index is 0.879. The predicted molar refractivity (Wildman–Crippen MR) is 64.5 cm³/mol. The predicted octanol–water partition coefficient (Wildman–Crippen LogP) is 2.14. The molecule has 0 bridgehead atoms. The van der Waals surface area contributed by atoms with Crippen LogP contribution in [0, 0.1) is 0 Å². The number of fused-ring (bicyclic) bond motifs is 2. The monoisotopic (exact) mass is 213 g/mol. The molecule has 0 N–H and O–H groups in total. The molecule has 1 aliphatic carbocycles. The van der Waals surface area contributed by atoms with E-state index < -0.39 is 0 Å². The smallest absolute Gasteiger partial charge is 0.0665 e. The first kappa shape index (κ1) is 8.45. The summed E-state index contributed by atoms with van der Waals surface area (Å²) in [6.07, 6.45) is 7.81. The number of allylic oxidation sites excluding steroid dienone is 4. The van der Waals surface area contributed by atoms with Gasteiger partial charge in [0, 0.05) is 9.80 Å². The summed E-state index contributed by atoms with van der Waals surface area (Å²) in [5, 5.41) is 3.12. The van der Waals surface area contributed by atoms with E-state index in [0.717, 1.165) is 15.6 Å². The van der Waals surface area contributed by atoms with Gasteiger partial charge in [-0.3, -0.25) is 0 Å². The summed E-state index contributed by atoms with van der Waals surface area (Å²) in [6, 6.07) is 8.74. The summed E-state index contributed by atoms with van der Waals surface area (Å²) >= 11 is 1.92. The molecule has 0 saturated heterocycles. The summed E-state index contributed by atoms with van der Waals surface area (Å²) < 4.78 is 0. The maximum absolute atomic E-state index is 2.25. The molecule has 14 heavy (non-hydrogen) atoms. The van der Waals surface area contributed by atoms with Gasteiger partial charge in [0.25, 0.3) is 0 Å². The SMILES string of the molecule is C1=CCC2=[Si]c3ccccc3SC2=C1. The Bertz CT molecular complexity index is 469. The Hall–Kier alpha value is -0.863. The van der Waals surface area contributed by atoms with Crippen LogP contribution in [-0.2, 0) is 0 Å². The summed E-state index contributed by atoms with van der Waals surface area (Å²) in [5.41, 5.74) is 0. The van der Waals surface area contributed by atoms with Crippen LogP contribution in [0.25, 0.3) is 0 Å². The van der Waals surface area contributed by atoms with Crippen molar-refractivity contribution in [2.24, 2.45) is 0 Å². The normalized spacial score (nSPS) is 18.0. The molecule has 1 aromatic rings. The molecule has 3 rings (SSSR count). The van der Waals surface area contributed by atoms with E-state index in [2.05, 4.69) is 42.5 Å². The summed E-state index contributed by atoms with van der Waals surface area (Å²) in [6.45, 7) is 0. The minimum Gasteiger partial charge on any atom is -0.0900 e. The lowest BCUT2D eigenvalue weighted by Crippen LogP contribution is -2.23. The van der Waals surface area contributed by atoms with Crippen LogP contribution in [0.5, 0.6) is 0 Å². The molecule has 67 valence electrons. The Kier molecular flexibility index (Phi) is 2.03. The zero-order valence-electron chi connectivity index (χ0n) is 7.66. The Morgan fingerprint density at radius 3 is 3.14 bits per heavy atom. The topological polar surface area (TPSA) is 0 Å². The highest BCUT2D eigenvalue weighted by atomic mass is 32.2. The third-order valence-electron chi connectivity index (χ3n) is 2.40. The van der Waals surface area contributed by atoms with Gasteiger partial charge in [-0.15, -0.1) is 0 Å². The van der Waals surface area contributed by atoms with Gasteiger partial charge in [-0.1, -0.05) is 42.1 Å². The van der Waals surface area contributed by atoms with Crippen molar-refractivity contribution in [2.75, 3.05) is 0 Å². The Morgan fingerprint density at radius 1 is 1.21 bits per heavy atom. The van der Waals surface area contributed by atoms with Gasteiger partial charge in [-0.25, -0.2) is 0 Å². The van der Waals surface area contributed by atoms with Crippen LogP contribution < -0.4 is 5.19 Å². The Morgan fingerprint density at radius 2 is 2.14 bits per heavy atom. The van der Waals surface area contributed by atoms with Crippen LogP contribution in [-0.4, -0.2) is 14.3 Å². The second kappa shape index (κ2) is 3.37. The molecule has 0 fully saturated rings. The van der Waals surface area contributed by atoms with E-state index in [0.29, 0.717) is 0 Å². The molecule has 1 aromatic carbocycles. The third kappa shape index (κ3) is 1.35. The van der Waals surface area contributed by atoms with Gasteiger partial charge in [0.15, 0.2) is 0 Å². The highest BCUT2D eigenvalue weighted by Crippen LogP contribution is 2.30.